The zero-order valence-electron chi connectivity index (χ0n) is 25.2. The van der Waals surface area contributed by atoms with Crippen LogP contribution in [-0.4, -0.2) is 19.9 Å². The molecule has 4 aromatic carbocycles. The molecule has 0 aliphatic heterocycles. The van der Waals surface area contributed by atoms with Crippen molar-refractivity contribution in [2.75, 3.05) is 0 Å². The van der Waals surface area contributed by atoms with Gasteiger partial charge in [0.25, 0.3) is 0 Å². The topological polar surface area (TPSA) is 64.7 Å². The van der Waals surface area contributed by atoms with E-state index in [0.29, 0.717) is 0 Å². The summed E-state index contributed by atoms with van der Waals surface area (Å²) in [7, 11) is 0. The molecule has 0 aliphatic rings. The van der Waals surface area contributed by atoms with Crippen molar-refractivity contribution < 1.29 is 4.42 Å². The van der Waals surface area contributed by atoms with E-state index in [-0.39, 0.29) is 0 Å². The maximum atomic E-state index is 6.47. The first kappa shape index (κ1) is 26.9. The number of para-hydroxylation sites is 1. The molecule has 9 aromatic rings. The fourth-order valence-electron chi connectivity index (χ4n) is 6.29. The summed E-state index contributed by atoms with van der Waals surface area (Å²) in [4.78, 5) is 19.3. The average Bonchev–Trinajstić information content (AvgIpc) is 3.55. The molecule has 220 valence electrons. The van der Waals surface area contributed by atoms with Gasteiger partial charge < -0.3 is 4.42 Å². The fourth-order valence-corrected chi connectivity index (χ4v) is 6.29. The third-order valence-corrected chi connectivity index (χ3v) is 8.59. The molecular weight excluding hydrogens is 576 g/mol. The largest absolute Gasteiger partial charge is 0.455 e. The summed E-state index contributed by atoms with van der Waals surface area (Å²) in [6.45, 7) is 0. The zero-order valence-corrected chi connectivity index (χ0v) is 25.2. The van der Waals surface area contributed by atoms with Crippen LogP contribution in [0.4, 0.5) is 0 Å². The minimum atomic E-state index is 0.805. The molecule has 0 saturated heterocycles. The molecule has 5 heterocycles. The Hall–Kier alpha value is -6.46. The molecule has 5 nitrogen and oxygen atoms in total. The summed E-state index contributed by atoms with van der Waals surface area (Å²) in [5.41, 5.74) is 12.2. The van der Waals surface area contributed by atoms with Gasteiger partial charge in [-0.1, -0.05) is 91.0 Å². The number of benzene rings is 4. The van der Waals surface area contributed by atoms with E-state index in [9.17, 15) is 0 Å². The molecule has 47 heavy (non-hydrogen) atoms. The second kappa shape index (κ2) is 11.2. The molecule has 0 aliphatic carbocycles. The van der Waals surface area contributed by atoms with Crippen LogP contribution < -0.4 is 0 Å². The molecule has 0 atom stereocenters. The summed E-state index contributed by atoms with van der Waals surface area (Å²) in [6.07, 6.45) is 3.58. The molecule has 0 bridgehead atoms. The van der Waals surface area contributed by atoms with Crippen LogP contribution in [0.5, 0.6) is 0 Å². The summed E-state index contributed by atoms with van der Waals surface area (Å²) in [5, 5.41) is 3.12. The molecule has 0 radical (unpaired) electrons. The Kier molecular flexibility index (Phi) is 6.39. The first-order chi connectivity index (χ1) is 23.3. The number of hydrogen-bond donors (Lipinski definition) is 0. The molecule has 0 amide bonds. The number of furan rings is 1. The van der Waals surface area contributed by atoms with Crippen LogP contribution in [0.3, 0.4) is 0 Å². The van der Waals surface area contributed by atoms with E-state index in [1.807, 2.05) is 60.7 Å². The third-order valence-electron chi connectivity index (χ3n) is 8.59. The maximum Gasteiger partial charge on any atom is 0.147 e. The van der Waals surface area contributed by atoms with Crippen molar-refractivity contribution in [3.63, 3.8) is 0 Å². The Morgan fingerprint density at radius 2 is 1.02 bits per heavy atom. The molecule has 5 heteroatoms. The second-order valence-electron chi connectivity index (χ2n) is 11.5. The lowest BCUT2D eigenvalue weighted by molar-refractivity contribution is 0.672. The van der Waals surface area contributed by atoms with Gasteiger partial charge in [-0.15, -0.1) is 0 Å². The molecular formula is C42H26N4O. The predicted octanol–water partition coefficient (Wildman–Crippen LogP) is 10.7. The van der Waals surface area contributed by atoms with E-state index >= 15 is 0 Å². The van der Waals surface area contributed by atoms with Crippen molar-refractivity contribution in [3.8, 4) is 56.3 Å². The lowest BCUT2D eigenvalue weighted by Gasteiger charge is -2.11. The average molecular weight is 603 g/mol. The highest BCUT2D eigenvalue weighted by molar-refractivity contribution is 6.19. The van der Waals surface area contributed by atoms with E-state index in [1.165, 1.54) is 0 Å². The van der Waals surface area contributed by atoms with Crippen molar-refractivity contribution in [2.45, 2.75) is 0 Å². The third kappa shape index (κ3) is 4.82. The quantitative estimate of drug-likeness (QED) is 0.196. The van der Waals surface area contributed by atoms with Gasteiger partial charge in [-0.2, -0.15) is 0 Å². The minimum Gasteiger partial charge on any atom is -0.455 e. The van der Waals surface area contributed by atoms with Gasteiger partial charge in [0.1, 0.15) is 11.2 Å². The molecule has 0 fully saturated rings. The lowest BCUT2D eigenvalue weighted by Crippen LogP contribution is -1.94. The number of fused-ring (bicyclic) bond motifs is 5. The van der Waals surface area contributed by atoms with Gasteiger partial charge in [0, 0.05) is 28.7 Å². The van der Waals surface area contributed by atoms with Crippen molar-refractivity contribution in [1.82, 2.24) is 19.9 Å². The number of nitrogens with zero attached hydrogens (tertiary/aromatic N) is 4. The Bertz CT molecular complexity index is 2490. The van der Waals surface area contributed by atoms with Crippen LogP contribution in [0.25, 0.3) is 89.1 Å². The Morgan fingerprint density at radius 3 is 1.70 bits per heavy atom. The van der Waals surface area contributed by atoms with E-state index in [0.717, 1.165) is 89.1 Å². The first-order valence-corrected chi connectivity index (χ1v) is 15.5. The van der Waals surface area contributed by atoms with Crippen LogP contribution in [-0.2, 0) is 0 Å². The number of rotatable bonds is 5. The highest BCUT2D eigenvalue weighted by atomic mass is 16.3. The Labute approximate surface area is 270 Å². The van der Waals surface area contributed by atoms with Crippen LogP contribution >= 0.6 is 0 Å². The fraction of sp³-hybridized carbons (Fsp3) is 0. The van der Waals surface area contributed by atoms with Gasteiger partial charge in [0.2, 0.25) is 0 Å². The van der Waals surface area contributed by atoms with Gasteiger partial charge in [0.05, 0.1) is 39.4 Å². The van der Waals surface area contributed by atoms with Crippen LogP contribution in [0.2, 0.25) is 0 Å². The summed E-state index contributed by atoms with van der Waals surface area (Å²) < 4.78 is 6.47. The monoisotopic (exact) mass is 602 g/mol. The molecule has 5 aromatic heterocycles. The van der Waals surface area contributed by atoms with Gasteiger partial charge in [-0.05, 0) is 76.9 Å². The van der Waals surface area contributed by atoms with Crippen molar-refractivity contribution in [1.29, 1.82) is 0 Å². The Balaban J connectivity index is 1.15. The minimum absolute atomic E-state index is 0.805. The highest BCUT2D eigenvalue weighted by Gasteiger charge is 2.18. The smallest absolute Gasteiger partial charge is 0.147 e. The summed E-state index contributed by atoms with van der Waals surface area (Å²) >= 11 is 0. The summed E-state index contributed by atoms with van der Waals surface area (Å²) in [5.74, 6) is 0. The number of hydrogen-bond acceptors (Lipinski definition) is 5. The molecule has 0 saturated carbocycles. The molecule has 0 unspecified atom stereocenters. The molecule has 0 N–H and O–H groups in total. The highest BCUT2D eigenvalue weighted by Crippen LogP contribution is 2.40. The maximum absolute atomic E-state index is 6.47. The van der Waals surface area contributed by atoms with Gasteiger partial charge in [-0.3, -0.25) is 9.97 Å². The van der Waals surface area contributed by atoms with Gasteiger partial charge in [0.15, 0.2) is 0 Å². The standard InChI is InChI=1S/C42H26N4O/c1-2-10-29(11-3-1)41-40-33-12-4-5-15-39(33)47-42(40)32-21-20-30(24-36(32)46-41)27-16-18-28(19-17-27)31-25-37(34-13-6-8-22-43-34)45-38(26-31)35-14-7-9-23-44-35/h1-26H. The van der Waals surface area contributed by atoms with Crippen molar-refractivity contribution in [2.24, 2.45) is 0 Å². The van der Waals surface area contributed by atoms with Gasteiger partial charge >= 0.3 is 0 Å². The predicted molar refractivity (Wildman–Crippen MR) is 190 cm³/mol. The second-order valence-corrected chi connectivity index (χ2v) is 11.5. The number of aromatic nitrogens is 4. The van der Waals surface area contributed by atoms with Crippen LogP contribution in [0.1, 0.15) is 0 Å². The molecule has 9 rings (SSSR count). The van der Waals surface area contributed by atoms with E-state index in [4.69, 9.17) is 14.4 Å². The van der Waals surface area contributed by atoms with E-state index in [1.54, 1.807) is 12.4 Å². The van der Waals surface area contributed by atoms with Crippen molar-refractivity contribution in [3.05, 3.63) is 158 Å². The molecule has 0 spiro atoms. The number of pyridine rings is 4. The zero-order chi connectivity index (χ0) is 31.2. The SMILES string of the molecule is c1ccc(-c2nc3cc(-c4ccc(-c5cc(-c6ccccn6)nc(-c6ccccn6)c5)cc4)ccc3c3oc4ccccc4c23)cc1. The normalized spacial score (nSPS) is 11.4. The van der Waals surface area contributed by atoms with E-state index < -0.39 is 0 Å². The van der Waals surface area contributed by atoms with Crippen LogP contribution in [0.15, 0.2) is 162 Å². The first-order valence-electron chi connectivity index (χ1n) is 15.5. The Morgan fingerprint density at radius 1 is 0.404 bits per heavy atom. The van der Waals surface area contributed by atoms with E-state index in [2.05, 4.69) is 94.9 Å². The van der Waals surface area contributed by atoms with Gasteiger partial charge in [-0.25, -0.2) is 9.97 Å². The summed E-state index contributed by atoms with van der Waals surface area (Å²) in [6, 6.07) is 49.5. The van der Waals surface area contributed by atoms with Crippen molar-refractivity contribution >= 4 is 32.8 Å². The lowest BCUT2D eigenvalue weighted by atomic mass is 9.97. The van der Waals surface area contributed by atoms with Crippen LogP contribution in [0, 0.1) is 0 Å².